The number of aromatic nitrogens is 1. The van der Waals surface area contributed by atoms with Crippen molar-refractivity contribution in [2.45, 2.75) is 77.4 Å². The molecule has 0 bridgehead atoms. The number of carbonyl (C=O) groups excluding carboxylic acids is 1. The van der Waals surface area contributed by atoms with Crippen molar-refractivity contribution in [2.24, 2.45) is 0 Å². The molecule has 0 aliphatic carbocycles. The van der Waals surface area contributed by atoms with E-state index in [9.17, 15) is 4.79 Å². The van der Waals surface area contributed by atoms with Gasteiger partial charge in [-0.05, 0) is 54.5 Å². The predicted molar refractivity (Wildman–Crippen MR) is 119 cm³/mol. The van der Waals surface area contributed by atoms with Gasteiger partial charge in [0.15, 0.2) is 0 Å². The van der Waals surface area contributed by atoms with Crippen LogP contribution >= 0.6 is 0 Å². The summed E-state index contributed by atoms with van der Waals surface area (Å²) in [7, 11) is -0.432. The van der Waals surface area contributed by atoms with E-state index in [2.05, 4.69) is 4.90 Å². The topological polar surface area (TPSA) is 73.4 Å². The summed E-state index contributed by atoms with van der Waals surface area (Å²) >= 11 is 0. The molecular formula is C22H34BN3O5. The molecule has 4 heterocycles. The van der Waals surface area contributed by atoms with Gasteiger partial charge in [0.2, 0.25) is 0 Å². The quantitative estimate of drug-likeness (QED) is 0.665. The maximum atomic E-state index is 12.5. The molecule has 0 N–H and O–H groups in total. The number of morpholine rings is 1. The van der Waals surface area contributed by atoms with E-state index in [1.165, 1.54) is 0 Å². The van der Waals surface area contributed by atoms with E-state index in [0.717, 1.165) is 17.8 Å². The van der Waals surface area contributed by atoms with Crippen molar-refractivity contribution in [1.82, 2.24) is 9.88 Å². The molecule has 3 aliphatic rings. The zero-order valence-electron chi connectivity index (χ0n) is 19.7. The molecule has 0 aromatic carbocycles. The predicted octanol–water partition coefficient (Wildman–Crippen LogP) is 2.21. The van der Waals surface area contributed by atoms with E-state index >= 15 is 0 Å². The molecule has 2 atom stereocenters. The molecule has 1 aromatic heterocycles. The number of nitrogens with zero attached hydrogens (tertiary/aromatic N) is 3. The molecular weight excluding hydrogens is 397 g/mol. The second-order valence-electron chi connectivity index (χ2n) is 10.6. The van der Waals surface area contributed by atoms with Crippen molar-refractivity contribution < 1.29 is 23.6 Å². The summed E-state index contributed by atoms with van der Waals surface area (Å²) in [5.74, 6) is 0.865. The van der Waals surface area contributed by atoms with Gasteiger partial charge < -0.3 is 28.6 Å². The van der Waals surface area contributed by atoms with Gasteiger partial charge in [-0.2, -0.15) is 0 Å². The minimum Gasteiger partial charge on any atom is -0.444 e. The van der Waals surface area contributed by atoms with Gasteiger partial charge in [-0.25, -0.2) is 9.78 Å². The van der Waals surface area contributed by atoms with Crippen LogP contribution in [0.1, 0.15) is 48.5 Å². The van der Waals surface area contributed by atoms with Crippen molar-refractivity contribution in [1.29, 1.82) is 0 Å². The number of carbonyl (C=O) groups is 1. The minimum absolute atomic E-state index is 0.0501. The number of amides is 1. The minimum atomic E-state index is -0.518. The lowest BCUT2D eigenvalue weighted by molar-refractivity contribution is 0.00578. The first-order valence-corrected chi connectivity index (χ1v) is 11.0. The number of anilines is 1. The van der Waals surface area contributed by atoms with Crippen LogP contribution in [0.4, 0.5) is 10.6 Å². The van der Waals surface area contributed by atoms with Crippen LogP contribution in [-0.4, -0.2) is 78.3 Å². The Morgan fingerprint density at radius 2 is 1.84 bits per heavy atom. The third-order valence-corrected chi connectivity index (χ3v) is 6.54. The van der Waals surface area contributed by atoms with E-state index in [1.807, 2.05) is 66.8 Å². The average Bonchev–Trinajstić information content (AvgIpc) is 3.19. The molecule has 2 unspecified atom stereocenters. The van der Waals surface area contributed by atoms with Gasteiger partial charge in [0.25, 0.3) is 0 Å². The number of likely N-dealkylation sites (tertiary alicyclic amines) is 1. The SMILES string of the molecule is CC(C)(C)OC(=O)N1CC2OCCN(c3ccc(B4OC(C)(C)C(C)(C)O4)cn3)C2C1. The first-order valence-electron chi connectivity index (χ1n) is 11.0. The molecule has 4 rings (SSSR count). The number of hydrogen-bond acceptors (Lipinski definition) is 7. The molecule has 3 fully saturated rings. The molecule has 1 aromatic rings. The van der Waals surface area contributed by atoms with Crippen LogP contribution in [-0.2, 0) is 18.8 Å². The Kier molecular flexibility index (Phi) is 5.51. The highest BCUT2D eigenvalue weighted by molar-refractivity contribution is 6.62. The summed E-state index contributed by atoms with van der Waals surface area (Å²) < 4.78 is 23.8. The molecule has 9 heteroatoms. The monoisotopic (exact) mass is 431 g/mol. The molecule has 3 aliphatic heterocycles. The van der Waals surface area contributed by atoms with Gasteiger partial charge in [-0.1, -0.05) is 6.07 Å². The fraction of sp³-hybridized carbons (Fsp3) is 0.727. The summed E-state index contributed by atoms with van der Waals surface area (Å²) in [6, 6.07) is 4.06. The van der Waals surface area contributed by atoms with Crippen molar-refractivity contribution in [2.75, 3.05) is 31.1 Å². The second kappa shape index (κ2) is 7.64. The summed E-state index contributed by atoms with van der Waals surface area (Å²) in [6.45, 7) is 16.2. The van der Waals surface area contributed by atoms with Crippen LogP contribution in [0.25, 0.3) is 0 Å². The molecule has 0 radical (unpaired) electrons. The van der Waals surface area contributed by atoms with Gasteiger partial charge in [-0.3, -0.25) is 0 Å². The molecule has 170 valence electrons. The summed E-state index contributed by atoms with van der Waals surface area (Å²) in [6.07, 6.45) is 1.48. The summed E-state index contributed by atoms with van der Waals surface area (Å²) in [4.78, 5) is 21.2. The van der Waals surface area contributed by atoms with Crippen molar-refractivity contribution in [3.8, 4) is 0 Å². The number of fused-ring (bicyclic) bond motifs is 1. The molecule has 0 spiro atoms. The number of ether oxygens (including phenoxy) is 2. The Labute approximate surface area is 185 Å². The van der Waals surface area contributed by atoms with Gasteiger partial charge in [0, 0.05) is 24.7 Å². The lowest BCUT2D eigenvalue weighted by atomic mass is 9.80. The van der Waals surface area contributed by atoms with Crippen LogP contribution in [0, 0.1) is 0 Å². The summed E-state index contributed by atoms with van der Waals surface area (Å²) in [5, 5.41) is 0. The van der Waals surface area contributed by atoms with Crippen molar-refractivity contribution in [3.05, 3.63) is 18.3 Å². The van der Waals surface area contributed by atoms with Crippen LogP contribution in [0.15, 0.2) is 18.3 Å². The Balaban J connectivity index is 1.46. The smallest absolute Gasteiger partial charge is 0.444 e. The highest BCUT2D eigenvalue weighted by Gasteiger charge is 2.52. The maximum Gasteiger partial charge on any atom is 0.496 e. The Morgan fingerprint density at radius 3 is 2.42 bits per heavy atom. The average molecular weight is 431 g/mol. The molecule has 0 saturated carbocycles. The Hall–Kier alpha value is -1.84. The van der Waals surface area contributed by atoms with Crippen LogP contribution in [0.5, 0.6) is 0 Å². The lowest BCUT2D eigenvalue weighted by Crippen LogP contribution is -2.51. The third-order valence-electron chi connectivity index (χ3n) is 6.54. The summed E-state index contributed by atoms with van der Waals surface area (Å²) in [5.41, 5.74) is -0.393. The Bertz CT molecular complexity index is 807. The fourth-order valence-electron chi connectivity index (χ4n) is 4.13. The van der Waals surface area contributed by atoms with E-state index in [4.69, 9.17) is 23.8 Å². The van der Waals surface area contributed by atoms with Crippen LogP contribution < -0.4 is 10.4 Å². The molecule has 3 saturated heterocycles. The fourth-order valence-corrected chi connectivity index (χ4v) is 4.13. The highest BCUT2D eigenvalue weighted by Crippen LogP contribution is 2.36. The van der Waals surface area contributed by atoms with Crippen molar-refractivity contribution >= 4 is 24.5 Å². The normalized spacial score (nSPS) is 27.4. The van der Waals surface area contributed by atoms with Gasteiger partial charge in [0.05, 0.1) is 36.5 Å². The van der Waals surface area contributed by atoms with Gasteiger partial charge in [-0.15, -0.1) is 0 Å². The number of rotatable bonds is 2. The van der Waals surface area contributed by atoms with Gasteiger partial charge in [0.1, 0.15) is 11.4 Å². The van der Waals surface area contributed by atoms with Crippen LogP contribution in [0.3, 0.4) is 0 Å². The first-order chi connectivity index (χ1) is 14.4. The highest BCUT2D eigenvalue weighted by atomic mass is 16.7. The molecule has 31 heavy (non-hydrogen) atoms. The van der Waals surface area contributed by atoms with Crippen LogP contribution in [0.2, 0.25) is 0 Å². The zero-order chi connectivity index (χ0) is 22.6. The largest absolute Gasteiger partial charge is 0.496 e. The standard InChI is InChI=1S/C22H34BN3O5/c1-20(2,3)29-19(27)25-13-16-17(14-25)28-11-10-26(16)18-9-8-15(12-24-18)23-30-21(4,5)22(6,7)31-23/h8-9,12,16-17H,10-11,13-14H2,1-7H3. The molecule has 1 amide bonds. The lowest BCUT2D eigenvalue weighted by Gasteiger charge is -2.37. The van der Waals surface area contributed by atoms with E-state index in [-0.39, 0.29) is 29.4 Å². The number of hydrogen-bond donors (Lipinski definition) is 0. The second-order valence-corrected chi connectivity index (χ2v) is 10.6. The van der Waals surface area contributed by atoms with E-state index < -0.39 is 12.7 Å². The van der Waals surface area contributed by atoms with Crippen molar-refractivity contribution in [3.63, 3.8) is 0 Å². The van der Waals surface area contributed by atoms with Gasteiger partial charge >= 0.3 is 13.2 Å². The maximum absolute atomic E-state index is 12.5. The first kappa shape index (κ1) is 22.4. The molecule has 8 nitrogen and oxygen atoms in total. The number of pyridine rings is 1. The zero-order valence-corrected chi connectivity index (χ0v) is 19.7. The van der Waals surface area contributed by atoms with E-state index in [1.54, 1.807) is 4.90 Å². The third kappa shape index (κ3) is 4.40. The van der Waals surface area contributed by atoms with E-state index in [0.29, 0.717) is 19.7 Å². The Morgan fingerprint density at radius 1 is 1.16 bits per heavy atom.